The molecule has 1 saturated heterocycles. The molecule has 1 aromatic rings. The van der Waals surface area contributed by atoms with E-state index in [2.05, 4.69) is 45.3 Å². The molecular formula is C17H24BrN3O2. The van der Waals surface area contributed by atoms with Gasteiger partial charge in [0.25, 0.3) is 0 Å². The highest BCUT2D eigenvalue weighted by Crippen LogP contribution is 2.21. The first-order valence-corrected chi connectivity index (χ1v) is 8.76. The van der Waals surface area contributed by atoms with Crippen molar-refractivity contribution >= 4 is 33.4 Å². The van der Waals surface area contributed by atoms with Crippen molar-refractivity contribution in [2.75, 3.05) is 31.5 Å². The summed E-state index contributed by atoms with van der Waals surface area (Å²) in [6.07, 6.45) is 1.21. The fraction of sp³-hybridized carbons (Fsp3) is 0.529. The summed E-state index contributed by atoms with van der Waals surface area (Å²) in [5.41, 5.74) is 0.699. The highest BCUT2D eigenvalue weighted by molar-refractivity contribution is 9.10. The molecule has 0 aliphatic carbocycles. The minimum absolute atomic E-state index is 0.0148. The Bertz CT molecular complexity index is 555. The molecule has 6 heteroatoms. The highest BCUT2D eigenvalue weighted by atomic mass is 79.9. The lowest BCUT2D eigenvalue weighted by Gasteiger charge is -2.34. The van der Waals surface area contributed by atoms with Crippen LogP contribution in [-0.4, -0.2) is 42.9 Å². The van der Waals surface area contributed by atoms with E-state index in [4.69, 9.17) is 0 Å². The molecule has 2 rings (SSSR count). The van der Waals surface area contributed by atoms with Crippen LogP contribution in [0.2, 0.25) is 0 Å². The Hall–Kier alpha value is -1.40. The van der Waals surface area contributed by atoms with Gasteiger partial charge in [-0.05, 0) is 46.3 Å². The van der Waals surface area contributed by atoms with Crippen molar-refractivity contribution in [3.05, 3.63) is 28.7 Å². The molecule has 0 spiro atoms. The first kappa shape index (κ1) is 17.9. The number of rotatable bonds is 5. The van der Waals surface area contributed by atoms with Crippen LogP contribution in [0.5, 0.6) is 0 Å². The Kier molecular flexibility index (Phi) is 6.59. The monoisotopic (exact) mass is 381 g/mol. The van der Waals surface area contributed by atoms with E-state index in [9.17, 15) is 9.59 Å². The van der Waals surface area contributed by atoms with E-state index < -0.39 is 0 Å². The number of carbonyl (C=O) groups is 2. The number of halogens is 1. The number of anilines is 1. The summed E-state index contributed by atoms with van der Waals surface area (Å²) in [5, 5.41) is 5.46. The Balaban J connectivity index is 1.73. The van der Waals surface area contributed by atoms with Crippen molar-refractivity contribution in [2.24, 2.45) is 11.8 Å². The zero-order valence-electron chi connectivity index (χ0n) is 13.6. The van der Waals surface area contributed by atoms with Crippen LogP contribution in [0.1, 0.15) is 20.3 Å². The molecule has 126 valence electrons. The summed E-state index contributed by atoms with van der Waals surface area (Å²) in [5.74, 6) is 0.898. The van der Waals surface area contributed by atoms with Gasteiger partial charge >= 0.3 is 0 Å². The Morgan fingerprint density at radius 1 is 1.17 bits per heavy atom. The van der Waals surface area contributed by atoms with Gasteiger partial charge < -0.3 is 10.6 Å². The second-order valence-electron chi connectivity index (χ2n) is 6.44. The molecule has 1 fully saturated rings. The van der Waals surface area contributed by atoms with Crippen molar-refractivity contribution in [2.45, 2.75) is 20.3 Å². The lowest BCUT2D eigenvalue weighted by Crippen LogP contribution is -2.45. The van der Waals surface area contributed by atoms with E-state index in [1.165, 1.54) is 6.42 Å². The molecular weight excluding hydrogens is 358 g/mol. The number of nitrogens with one attached hydrogen (secondary N) is 2. The summed E-state index contributed by atoms with van der Waals surface area (Å²) in [7, 11) is 0. The molecule has 0 saturated carbocycles. The largest absolute Gasteiger partial charge is 0.346 e. The van der Waals surface area contributed by atoms with E-state index in [0.29, 0.717) is 24.1 Å². The molecule has 2 N–H and O–H groups in total. The molecule has 1 aromatic carbocycles. The zero-order valence-corrected chi connectivity index (χ0v) is 15.2. The van der Waals surface area contributed by atoms with Crippen molar-refractivity contribution in [3.63, 3.8) is 0 Å². The topological polar surface area (TPSA) is 61.4 Å². The Morgan fingerprint density at radius 2 is 1.83 bits per heavy atom. The van der Waals surface area contributed by atoms with Crippen LogP contribution < -0.4 is 10.6 Å². The lowest BCUT2D eigenvalue weighted by molar-refractivity contribution is -0.125. The summed E-state index contributed by atoms with van der Waals surface area (Å²) < 4.78 is 0.816. The van der Waals surface area contributed by atoms with E-state index in [1.54, 1.807) is 6.07 Å². The van der Waals surface area contributed by atoms with Gasteiger partial charge in [-0.1, -0.05) is 26.0 Å². The number of benzene rings is 1. The van der Waals surface area contributed by atoms with Crippen LogP contribution in [0.25, 0.3) is 0 Å². The fourth-order valence-electron chi connectivity index (χ4n) is 3.12. The number of hydrogen-bond donors (Lipinski definition) is 2. The van der Waals surface area contributed by atoms with Gasteiger partial charge in [0.1, 0.15) is 0 Å². The third-order valence-electron chi connectivity index (χ3n) is 3.91. The summed E-state index contributed by atoms with van der Waals surface area (Å²) >= 11 is 3.37. The van der Waals surface area contributed by atoms with Gasteiger partial charge in [-0.15, -0.1) is 0 Å². The fourth-order valence-corrected chi connectivity index (χ4v) is 3.50. The molecule has 0 aromatic heterocycles. The predicted octanol–water partition coefficient (Wildman–Crippen LogP) is 2.48. The molecule has 1 heterocycles. The number of nitrogens with zero attached hydrogens (tertiary/aromatic N) is 1. The van der Waals surface area contributed by atoms with E-state index in [-0.39, 0.29) is 18.4 Å². The molecule has 0 radical (unpaired) electrons. The van der Waals surface area contributed by atoms with Crippen molar-refractivity contribution in [3.8, 4) is 0 Å². The van der Waals surface area contributed by atoms with Crippen LogP contribution in [-0.2, 0) is 9.59 Å². The van der Waals surface area contributed by atoms with Crippen molar-refractivity contribution in [1.82, 2.24) is 10.2 Å². The summed E-state index contributed by atoms with van der Waals surface area (Å²) in [6, 6.07) is 7.38. The van der Waals surface area contributed by atoms with Crippen molar-refractivity contribution in [1.29, 1.82) is 0 Å². The van der Waals surface area contributed by atoms with Crippen LogP contribution in [0.3, 0.4) is 0 Å². The SMILES string of the molecule is C[C@@H]1C[C@H](C)CN(CC(=O)NCC(=O)Nc2ccccc2Br)C1. The molecule has 2 atom stereocenters. The van der Waals surface area contributed by atoms with Crippen LogP contribution in [0, 0.1) is 11.8 Å². The van der Waals surface area contributed by atoms with E-state index >= 15 is 0 Å². The van der Waals surface area contributed by atoms with Crippen LogP contribution in [0.4, 0.5) is 5.69 Å². The number of piperidine rings is 1. The van der Waals surface area contributed by atoms with Gasteiger partial charge in [-0.3, -0.25) is 14.5 Å². The maximum absolute atomic E-state index is 12.0. The second-order valence-corrected chi connectivity index (χ2v) is 7.30. The summed E-state index contributed by atoms with van der Waals surface area (Å²) in [4.78, 5) is 26.1. The molecule has 23 heavy (non-hydrogen) atoms. The lowest BCUT2D eigenvalue weighted by atomic mass is 9.92. The molecule has 0 unspecified atom stereocenters. The molecule has 0 bridgehead atoms. The third kappa shape index (κ3) is 5.95. The number of amides is 2. The van der Waals surface area contributed by atoms with Gasteiger partial charge in [-0.2, -0.15) is 0 Å². The quantitative estimate of drug-likeness (QED) is 0.823. The third-order valence-corrected chi connectivity index (χ3v) is 4.60. The van der Waals surface area contributed by atoms with Gasteiger partial charge in [0, 0.05) is 17.6 Å². The Morgan fingerprint density at radius 3 is 2.48 bits per heavy atom. The molecule has 1 aliphatic rings. The van der Waals surface area contributed by atoms with E-state index in [0.717, 1.165) is 17.6 Å². The van der Waals surface area contributed by atoms with Crippen LogP contribution >= 0.6 is 15.9 Å². The minimum atomic E-state index is -0.231. The number of para-hydroxylation sites is 1. The molecule has 5 nitrogen and oxygen atoms in total. The number of likely N-dealkylation sites (tertiary alicyclic amines) is 1. The molecule has 1 aliphatic heterocycles. The maximum Gasteiger partial charge on any atom is 0.243 e. The number of carbonyl (C=O) groups excluding carboxylic acids is 2. The summed E-state index contributed by atoms with van der Waals surface area (Å²) in [6.45, 7) is 6.66. The minimum Gasteiger partial charge on any atom is -0.346 e. The highest BCUT2D eigenvalue weighted by Gasteiger charge is 2.23. The first-order valence-electron chi connectivity index (χ1n) is 7.97. The average Bonchev–Trinajstić information content (AvgIpc) is 2.46. The standard InChI is InChI=1S/C17H24BrN3O2/c1-12-7-13(2)10-21(9-12)11-17(23)19-8-16(22)20-15-6-4-3-5-14(15)18/h3-6,12-13H,7-11H2,1-2H3,(H,19,23)(H,20,22)/t12-,13+. The van der Waals surface area contributed by atoms with Gasteiger partial charge in [-0.25, -0.2) is 0 Å². The van der Waals surface area contributed by atoms with Crippen molar-refractivity contribution < 1.29 is 9.59 Å². The zero-order chi connectivity index (χ0) is 16.8. The Labute approximate surface area is 145 Å². The van der Waals surface area contributed by atoms with Gasteiger partial charge in [0.2, 0.25) is 11.8 Å². The second kappa shape index (κ2) is 8.45. The smallest absolute Gasteiger partial charge is 0.243 e. The molecule has 2 amide bonds. The van der Waals surface area contributed by atoms with Crippen LogP contribution in [0.15, 0.2) is 28.7 Å². The number of hydrogen-bond acceptors (Lipinski definition) is 3. The predicted molar refractivity (Wildman–Crippen MR) is 95.2 cm³/mol. The first-order chi connectivity index (χ1) is 10.9. The average molecular weight is 382 g/mol. The van der Waals surface area contributed by atoms with E-state index in [1.807, 2.05) is 18.2 Å². The van der Waals surface area contributed by atoms with Gasteiger partial charge in [0.05, 0.1) is 18.8 Å². The maximum atomic E-state index is 12.0. The van der Waals surface area contributed by atoms with Gasteiger partial charge in [0.15, 0.2) is 0 Å². The normalized spacial score (nSPS) is 21.7.